The van der Waals surface area contributed by atoms with E-state index in [1.807, 2.05) is 18.2 Å². The van der Waals surface area contributed by atoms with Gasteiger partial charge >= 0.3 is 0 Å². The highest BCUT2D eigenvalue weighted by atomic mass is 35.5. The standard InChI is InChI=1S/C22H24ClN3O4S/c1-25-21(28)17(13-20(27)24-16-7-5-15(23)6-8-16)26(22(25)31)11-10-14-4-9-18(29-2)19(12-14)30-3/h4-9,12,17H,10-11,13H2,1-3H3,(H,24,27). The smallest absolute Gasteiger partial charge is 0.251 e. The maximum Gasteiger partial charge on any atom is 0.251 e. The van der Waals surface area contributed by atoms with Crippen molar-refractivity contribution in [3.05, 3.63) is 53.1 Å². The topological polar surface area (TPSA) is 71.1 Å². The van der Waals surface area contributed by atoms with E-state index < -0.39 is 6.04 Å². The van der Waals surface area contributed by atoms with Crippen molar-refractivity contribution in [3.63, 3.8) is 0 Å². The zero-order chi connectivity index (χ0) is 22.5. The Kier molecular flexibility index (Phi) is 7.35. The summed E-state index contributed by atoms with van der Waals surface area (Å²) in [6, 6.07) is 11.8. The number of benzene rings is 2. The average molecular weight is 462 g/mol. The Labute approximate surface area is 191 Å². The second-order valence-electron chi connectivity index (χ2n) is 7.09. The predicted octanol–water partition coefficient (Wildman–Crippen LogP) is 3.36. The number of ether oxygens (including phenoxy) is 2. The normalized spacial score (nSPS) is 15.9. The van der Waals surface area contributed by atoms with Crippen LogP contribution in [0.2, 0.25) is 5.02 Å². The second kappa shape index (κ2) is 9.98. The Morgan fingerprint density at radius 1 is 1.13 bits per heavy atom. The molecule has 1 fully saturated rings. The summed E-state index contributed by atoms with van der Waals surface area (Å²) in [6.07, 6.45) is 0.620. The second-order valence-corrected chi connectivity index (χ2v) is 7.89. The molecule has 0 aliphatic carbocycles. The number of methoxy groups -OCH3 is 2. The zero-order valence-electron chi connectivity index (χ0n) is 17.6. The average Bonchev–Trinajstić information content (AvgIpc) is 2.97. The lowest BCUT2D eigenvalue weighted by Crippen LogP contribution is -2.39. The van der Waals surface area contributed by atoms with Crippen LogP contribution in [0, 0.1) is 0 Å². The molecule has 1 N–H and O–H groups in total. The number of rotatable bonds is 8. The molecule has 0 spiro atoms. The fourth-order valence-electron chi connectivity index (χ4n) is 3.43. The summed E-state index contributed by atoms with van der Waals surface area (Å²) in [4.78, 5) is 28.5. The van der Waals surface area contributed by atoms with Gasteiger partial charge in [0.05, 0.1) is 20.6 Å². The van der Waals surface area contributed by atoms with Gasteiger partial charge < -0.3 is 19.7 Å². The fourth-order valence-corrected chi connectivity index (χ4v) is 3.87. The molecule has 1 unspecified atom stereocenters. The lowest BCUT2D eigenvalue weighted by molar-refractivity contribution is -0.130. The quantitative estimate of drug-likeness (QED) is 0.608. The number of nitrogens with zero attached hydrogens (tertiary/aromatic N) is 2. The maximum absolute atomic E-state index is 12.7. The summed E-state index contributed by atoms with van der Waals surface area (Å²) in [7, 11) is 4.80. The van der Waals surface area contributed by atoms with Gasteiger partial charge in [-0.3, -0.25) is 14.5 Å². The summed E-state index contributed by atoms with van der Waals surface area (Å²) in [5.74, 6) is 0.823. The maximum atomic E-state index is 12.7. The van der Waals surface area contributed by atoms with Crippen LogP contribution >= 0.6 is 23.8 Å². The van der Waals surface area contributed by atoms with Crippen molar-refractivity contribution in [2.75, 3.05) is 33.1 Å². The molecule has 1 atom stereocenters. The molecule has 3 rings (SSSR count). The van der Waals surface area contributed by atoms with Gasteiger partial charge in [0.15, 0.2) is 16.6 Å². The van der Waals surface area contributed by atoms with Crippen LogP contribution in [0.25, 0.3) is 0 Å². The van der Waals surface area contributed by atoms with Crippen LogP contribution < -0.4 is 14.8 Å². The van der Waals surface area contributed by atoms with Crippen molar-refractivity contribution < 1.29 is 19.1 Å². The van der Waals surface area contributed by atoms with E-state index in [0.717, 1.165) is 5.56 Å². The number of carbonyl (C=O) groups is 2. The Hall–Kier alpha value is -2.84. The molecule has 2 aromatic rings. The van der Waals surface area contributed by atoms with E-state index in [2.05, 4.69) is 5.32 Å². The van der Waals surface area contributed by atoms with Crippen LogP contribution in [0.15, 0.2) is 42.5 Å². The number of likely N-dealkylation sites (N-methyl/N-ethyl adjacent to an activating group) is 1. The molecular weight excluding hydrogens is 438 g/mol. The van der Waals surface area contributed by atoms with E-state index in [-0.39, 0.29) is 18.2 Å². The van der Waals surface area contributed by atoms with Crippen LogP contribution in [-0.2, 0) is 16.0 Å². The van der Waals surface area contributed by atoms with Crippen molar-refractivity contribution >= 4 is 46.4 Å². The Morgan fingerprint density at radius 2 is 1.81 bits per heavy atom. The van der Waals surface area contributed by atoms with Crippen molar-refractivity contribution in [1.29, 1.82) is 0 Å². The van der Waals surface area contributed by atoms with E-state index >= 15 is 0 Å². The molecule has 0 bridgehead atoms. The first-order chi connectivity index (χ1) is 14.8. The number of halogens is 1. The van der Waals surface area contributed by atoms with Gasteiger partial charge in [0.1, 0.15) is 6.04 Å². The number of hydrogen-bond acceptors (Lipinski definition) is 5. The number of carbonyl (C=O) groups excluding carboxylic acids is 2. The van der Waals surface area contributed by atoms with Crippen LogP contribution in [0.3, 0.4) is 0 Å². The zero-order valence-corrected chi connectivity index (χ0v) is 19.1. The summed E-state index contributed by atoms with van der Waals surface area (Å²) in [5, 5.41) is 3.79. The highest BCUT2D eigenvalue weighted by Crippen LogP contribution is 2.28. The summed E-state index contributed by atoms with van der Waals surface area (Å²) in [6.45, 7) is 0.489. The largest absolute Gasteiger partial charge is 0.493 e. The van der Waals surface area contributed by atoms with Gasteiger partial charge in [-0.15, -0.1) is 0 Å². The Bertz CT molecular complexity index is 983. The number of nitrogens with one attached hydrogen (secondary N) is 1. The molecule has 1 aliphatic heterocycles. The monoisotopic (exact) mass is 461 g/mol. The molecule has 2 aromatic carbocycles. The molecule has 1 saturated heterocycles. The van der Waals surface area contributed by atoms with Gasteiger partial charge in [-0.2, -0.15) is 0 Å². The van der Waals surface area contributed by atoms with E-state index in [9.17, 15) is 9.59 Å². The van der Waals surface area contributed by atoms with Crippen molar-refractivity contribution in [3.8, 4) is 11.5 Å². The number of anilines is 1. The third-order valence-electron chi connectivity index (χ3n) is 5.12. The van der Waals surface area contributed by atoms with Gasteiger partial charge in [-0.05, 0) is 60.6 Å². The molecule has 0 saturated carbocycles. The third kappa shape index (κ3) is 5.26. The fraction of sp³-hybridized carbons (Fsp3) is 0.318. The minimum absolute atomic E-state index is 0.00211. The van der Waals surface area contributed by atoms with E-state index in [0.29, 0.717) is 40.3 Å². The number of thiocarbonyl (C=S) groups is 1. The molecule has 1 aliphatic rings. The van der Waals surface area contributed by atoms with Crippen LogP contribution in [0.1, 0.15) is 12.0 Å². The van der Waals surface area contributed by atoms with Crippen LogP contribution in [0.4, 0.5) is 5.69 Å². The first-order valence-electron chi connectivity index (χ1n) is 9.68. The number of amides is 2. The summed E-state index contributed by atoms with van der Waals surface area (Å²) >= 11 is 11.3. The van der Waals surface area contributed by atoms with Gasteiger partial charge in [-0.25, -0.2) is 0 Å². The van der Waals surface area contributed by atoms with E-state index in [1.54, 1.807) is 50.4 Å². The molecule has 1 heterocycles. The predicted molar refractivity (Wildman–Crippen MR) is 124 cm³/mol. The third-order valence-corrected chi connectivity index (χ3v) is 5.88. The van der Waals surface area contributed by atoms with Gasteiger partial charge in [0.2, 0.25) is 5.91 Å². The lowest BCUT2D eigenvalue weighted by Gasteiger charge is -2.23. The molecule has 164 valence electrons. The van der Waals surface area contributed by atoms with Crippen molar-refractivity contribution in [2.45, 2.75) is 18.9 Å². The molecule has 0 aromatic heterocycles. The molecule has 31 heavy (non-hydrogen) atoms. The summed E-state index contributed by atoms with van der Waals surface area (Å²) < 4.78 is 10.6. The first kappa shape index (κ1) is 22.8. The van der Waals surface area contributed by atoms with Crippen LogP contribution in [0.5, 0.6) is 11.5 Å². The molecule has 9 heteroatoms. The van der Waals surface area contributed by atoms with Gasteiger partial charge in [0, 0.05) is 24.3 Å². The van der Waals surface area contributed by atoms with Gasteiger partial charge in [0.25, 0.3) is 5.91 Å². The van der Waals surface area contributed by atoms with E-state index in [1.165, 1.54) is 4.90 Å². The van der Waals surface area contributed by atoms with E-state index in [4.69, 9.17) is 33.3 Å². The minimum Gasteiger partial charge on any atom is -0.493 e. The highest BCUT2D eigenvalue weighted by Gasteiger charge is 2.41. The first-order valence-corrected chi connectivity index (χ1v) is 10.5. The SMILES string of the molecule is COc1ccc(CCN2C(=S)N(C)C(=O)C2CC(=O)Nc2ccc(Cl)cc2)cc1OC. The summed E-state index contributed by atoms with van der Waals surface area (Å²) in [5.41, 5.74) is 1.62. The molecule has 7 nitrogen and oxygen atoms in total. The van der Waals surface area contributed by atoms with Crippen molar-refractivity contribution in [1.82, 2.24) is 9.80 Å². The lowest BCUT2D eigenvalue weighted by atomic mass is 10.1. The molecule has 2 amide bonds. The number of hydrogen-bond donors (Lipinski definition) is 1. The van der Waals surface area contributed by atoms with Crippen molar-refractivity contribution in [2.24, 2.45) is 0 Å². The minimum atomic E-state index is -0.648. The highest BCUT2D eigenvalue weighted by molar-refractivity contribution is 7.80. The van der Waals surface area contributed by atoms with Crippen LogP contribution in [-0.4, -0.2) is 60.6 Å². The Morgan fingerprint density at radius 3 is 2.45 bits per heavy atom. The van der Waals surface area contributed by atoms with Gasteiger partial charge in [-0.1, -0.05) is 17.7 Å². The Balaban J connectivity index is 1.68. The molecular formula is C22H24ClN3O4S. The molecule has 0 radical (unpaired) electrons.